The lowest BCUT2D eigenvalue weighted by atomic mass is 9.83. The molecule has 3 nitrogen and oxygen atoms in total. The molecule has 0 saturated heterocycles. The van der Waals surface area contributed by atoms with Crippen LogP contribution in [0.3, 0.4) is 0 Å². The van der Waals surface area contributed by atoms with Gasteiger partial charge in [0.2, 0.25) is 0 Å². The van der Waals surface area contributed by atoms with Crippen molar-refractivity contribution in [3.8, 4) is 67.0 Å². The number of benzene rings is 7. The number of hydrogen-bond acceptors (Lipinski definition) is 4. The Kier molecular flexibility index (Phi) is 7.19. The van der Waals surface area contributed by atoms with E-state index in [0.29, 0.717) is 0 Å². The molecule has 9 aromatic rings. The third-order valence-corrected chi connectivity index (χ3v) is 11.9. The lowest BCUT2D eigenvalue weighted by molar-refractivity contribution is 0.877. The topological polar surface area (TPSA) is 38.7 Å². The van der Waals surface area contributed by atoms with Crippen molar-refractivity contribution >= 4 is 31.5 Å². The van der Waals surface area contributed by atoms with E-state index in [1.54, 1.807) is 0 Å². The quantitative estimate of drug-likeness (QED) is 0.181. The van der Waals surface area contributed by atoms with Crippen LogP contribution in [0.5, 0.6) is 0 Å². The van der Waals surface area contributed by atoms with E-state index in [4.69, 9.17) is 10.2 Å². The summed E-state index contributed by atoms with van der Waals surface area (Å²) in [5.41, 5.74) is 18.3. The molecule has 0 atom stereocenters. The summed E-state index contributed by atoms with van der Waals surface area (Å²) < 4.78 is 2.55. The summed E-state index contributed by atoms with van der Waals surface area (Å²) in [5, 5.41) is 17.1. The molecule has 7 aromatic carbocycles. The fourth-order valence-corrected chi connectivity index (χ4v) is 9.42. The number of aryl methyl sites for hydroxylation is 1. The number of rotatable bonds is 5. The van der Waals surface area contributed by atoms with Crippen LogP contribution in [0.25, 0.3) is 87.2 Å². The minimum absolute atomic E-state index is 0.825. The molecule has 0 fully saturated rings. The Hall–Kier alpha value is -6.23. The highest BCUT2D eigenvalue weighted by Crippen LogP contribution is 2.50. The van der Waals surface area contributed by atoms with Gasteiger partial charge in [-0.25, -0.2) is 0 Å². The lowest BCUT2D eigenvalue weighted by Crippen LogP contribution is -2.05. The molecule has 0 saturated carbocycles. The van der Waals surface area contributed by atoms with Gasteiger partial charge in [-0.15, -0.1) is 21.5 Å². The van der Waals surface area contributed by atoms with E-state index >= 15 is 0 Å². The molecule has 2 heterocycles. The highest BCUT2D eigenvalue weighted by atomic mass is 32.1. The van der Waals surface area contributed by atoms with Gasteiger partial charge in [0.05, 0.1) is 0 Å². The maximum absolute atomic E-state index is 4.99. The average Bonchev–Trinajstić information content (AvgIpc) is 3.77. The van der Waals surface area contributed by atoms with E-state index in [1.807, 2.05) is 11.3 Å². The first-order chi connectivity index (χ1) is 25.7. The van der Waals surface area contributed by atoms with E-state index in [9.17, 15) is 0 Å². The minimum Gasteiger partial charge on any atom is -0.135 e. The predicted molar refractivity (Wildman–Crippen MR) is 218 cm³/mol. The van der Waals surface area contributed by atoms with Crippen molar-refractivity contribution in [2.24, 2.45) is 0 Å². The second-order valence-corrected chi connectivity index (χ2v) is 14.7. The molecule has 52 heavy (non-hydrogen) atoms. The van der Waals surface area contributed by atoms with Crippen LogP contribution in [-0.4, -0.2) is 15.4 Å². The van der Waals surface area contributed by atoms with Crippen molar-refractivity contribution in [2.45, 2.75) is 20.3 Å². The van der Waals surface area contributed by atoms with Gasteiger partial charge in [-0.2, -0.15) is 0 Å². The SMILES string of the molecule is Cc1cc2c(c(-c3nnnc(-c4cccc(-c5ccccc5)c4-c4cccc5sc6ccccc6c45)c3-c3ccccc3)c1C)Cc1ccccc1-2. The van der Waals surface area contributed by atoms with E-state index in [2.05, 4.69) is 171 Å². The van der Waals surface area contributed by atoms with Crippen molar-refractivity contribution in [2.75, 3.05) is 0 Å². The number of fused-ring (bicyclic) bond motifs is 6. The number of aromatic nitrogens is 3. The predicted octanol–water partition coefficient (Wildman–Crippen LogP) is 12.8. The maximum Gasteiger partial charge on any atom is 0.105 e. The second kappa shape index (κ2) is 12.2. The van der Waals surface area contributed by atoms with Gasteiger partial charge in [0.1, 0.15) is 11.4 Å². The zero-order valence-corrected chi connectivity index (χ0v) is 29.7. The molecule has 0 aliphatic heterocycles. The zero-order chi connectivity index (χ0) is 34.8. The fraction of sp³-hybridized carbons (Fsp3) is 0.0625. The summed E-state index contributed by atoms with van der Waals surface area (Å²) >= 11 is 1.84. The highest BCUT2D eigenvalue weighted by molar-refractivity contribution is 7.25. The molecule has 4 heteroatoms. The number of thiophene rings is 1. The Bertz CT molecular complexity index is 2840. The van der Waals surface area contributed by atoms with Crippen molar-refractivity contribution in [3.05, 3.63) is 174 Å². The second-order valence-electron chi connectivity index (χ2n) is 13.7. The largest absolute Gasteiger partial charge is 0.135 e. The van der Waals surface area contributed by atoms with Crippen LogP contribution in [0.2, 0.25) is 0 Å². The van der Waals surface area contributed by atoms with Crippen molar-refractivity contribution in [1.82, 2.24) is 15.4 Å². The lowest BCUT2D eigenvalue weighted by Gasteiger charge is -2.21. The fourth-order valence-electron chi connectivity index (χ4n) is 8.29. The van der Waals surface area contributed by atoms with Gasteiger partial charge in [0.15, 0.2) is 0 Å². The molecular formula is C48H33N3S. The summed E-state index contributed by atoms with van der Waals surface area (Å²) in [7, 11) is 0. The standard InChI is InChI=1S/C48H33N3S/c1-29-27-39-34-20-10-9-19-33(34)28-40(39)43(30(29)2)48-44(32-17-7-4-8-18-32)47(49-51-50-48)38-24-13-22-35(31-15-5-3-6-16-31)45(38)37-23-14-26-42-46(37)36-21-11-12-25-41(36)52-42/h3-27H,28H2,1-2H3. The molecular weight excluding hydrogens is 651 g/mol. The Morgan fingerprint density at radius 3 is 1.96 bits per heavy atom. The number of hydrogen-bond donors (Lipinski definition) is 0. The van der Waals surface area contributed by atoms with Gasteiger partial charge in [-0.05, 0) is 98.8 Å². The first-order valence-electron chi connectivity index (χ1n) is 17.8. The molecule has 246 valence electrons. The summed E-state index contributed by atoms with van der Waals surface area (Å²) in [5.74, 6) is 0. The highest BCUT2D eigenvalue weighted by Gasteiger charge is 2.29. The van der Waals surface area contributed by atoms with Gasteiger partial charge < -0.3 is 0 Å². The van der Waals surface area contributed by atoms with Gasteiger partial charge in [-0.3, -0.25) is 0 Å². The molecule has 0 amide bonds. The average molecular weight is 684 g/mol. The molecule has 0 radical (unpaired) electrons. The van der Waals surface area contributed by atoms with Gasteiger partial charge in [-0.1, -0.05) is 140 Å². The third kappa shape index (κ3) is 4.75. The van der Waals surface area contributed by atoms with E-state index < -0.39 is 0 Å². The van der Waals surface area contributed by atoms with E-state index in [1.165, 1.54) is 59.1 Å². The first kappa shape index (κ1) is 30.6. The molecule has 2 aromatic heterocycles. The maximum atomic E-state index is 4.99. The van der Waals surface area contributed by atoms with Crippen LogP contribution in [0.15, 0.2) is 152 Å². The van der Waals surface area contributed by atoms with E-state index in [-0.39, 0.29) is 0 Å². The van der Waals surface area contributed by atoms with Gasteiger partial charge in [0, 0.05) is 36.9 Å². The molecule has 0 bridgehead atoms. The van der Waals surface area contributed by atoms with Crippen molar-refractivity contribution < 1.29 is 0 Å². The number of nitrogens with zero attached hydrogens (tertiary/aromatic N) is 3. The van der Waals surface area contributed by atoms with Crippen LogP contribution >= 0.6 is 11.3 Å². The van der Waals surface area contributed by atoms with Crippen molar-refractivity contribution in [3.63, 3.8) is 0 Å². The smallest absolute Gasteiger partial charge is 0.105 e. The van der Waals surface area contributed by atoms with Crippen LogP contribution < -0.4 is 0 Å². The summed E-state index contributed by atoms with van der Waals surface area (Å²) in [4.78, 5) is 0. The summed E-state index contributed by atoms with van der Waals surface area (Å²) in [6, 6.07) is 54.6. The normalized spacial score (nSPS) is 12.0. The van der Waals surface area contributed by atoms with Crippen LogP contribution in [-0.2, 0) is 6.42 Å². The molecule has 0 unspecified atom stereocenters. The Labute approximate surface area is 306 Å². The first-order valence-corrected chi connectivity index (χ1v) is 18.6. The summed E-state index contributed by atoms with van der Waals surface area (Å²) in [6.45, 7) is 4.44. The Morgan fingerprint density at radius 1 is 0.481 bits per heavy atom. The molecule has 10 rings (SSSR count). The van der Waals surface area contributed by atoms with Gasteiger partial charge >= 0.3 is 0 Å². The Morgan fingerprint density at radius 2 is 1.12 bits per heavy atom. The van der Waals surface area contributed by atoms with Crippen molar-refractivity contribution in [1.29, 1.82) is 0 Å². The van der Waals surface area contributed by atoms with E-state index in [0.717, 1.165) is 56.8 Å². The third-order valence-electron chi connectivity index (χ3n) is 10.8. The minimum atomic E-state index is 0.825. The Balaban J connectivity index is 1.33. The van der Waals surface area contributed by atoms with Gasteiger partial charge in [0.25, 0.3) is 0 Å². The molecule has 0 spiro atoms. The summed E-state index contributed by atoms with van der Waals surface area (Å²) in [6.07, 6.45) is 0.859. The molecule has 0 N–H and O–H groups in total. The van der Waals surface area contributed by atoms with Crippen LogP contribution in [0.1, 0.15) is 22.3 Å². The zero-order valence-electron chi connectivity index (χ0n) is 28.9. The van der Waals surface area contributed by atoms with Crippen LogP contribution in [0.4, 0.5) is 0 Å². The van der Waals surface area contributed by atoms with Crippen LogP contribution in [0, 0.1) is 13.8 Å². The monoisotopic (exact) mass is 683 g/mol. The molecule has 1 aliphatic rings. The molecule has 1 aliphatic carbocycles.